The SMILES string of the molecule is CC(C)OC(=O)c1ccc(Nc2ncnc3ccccc23)cc1.[Cl-]. The highest BCUT2D eigenvalue weighted by Gasteiger charge is 2.09. The molecule has 0 unspecified atom stereocenters. The zero-order valence-electron chi connectivity index (χ0n) is 13.4. The minimum absolute atomic E-state index is 0. The second-order valence-corrected chi connectivity index (χ2v) is 5.40. The summed E-state index contributed by atoms with van der Waals surface area (Å²) in [5.74, 6) is 0.409. The van der Waals surface area contributed by atoms with Crippen LogP contribution in [0.2, 0.25) is 0 Å². The van der Waals surface area contributed by atoms with Crippen LogP contribution in [0.25, 0.3) is 10.9 Å². The number of ether oxygens (including phenoxy) is 1. The predicted molar refractivity (Wildman–Crippen MR) is 89.8 cm³/mol. The van der Waals surface area contributed by atoms with Crippen molar-refractivity contribution in [1.29, 1.82) is 0 Å². The van der Waals surface area contributed by atoms with Crippen molar-refractivity contribution in [2.45, 2.75) is 20.0 Å². The van der Waals surface area contributed by atoms with Gasteiger partial charge in [0.05, 0.1) is 17.2 Å². The normalized spacial score (nSPS) is 10.3. The van der Waals surface area contributed by atoms with E-state index in [0.717, 1.165) is 22.4 Å². The van der Waals surface area contributed by atoms with Crippen LogP contribution in [-0.2, 0) is 4.74 Å². The van der Waals surface area contributed by atoms with Gasteiger partial charge in [-0.25, -0.2) is 14.8 Å². The number of halogens is 1. The highest BCUT2D eigenvalue weighted by Crippen LogP contribution is 2.22. The number of aromatic nitrogens is 2. The van der Waals surface area contributed by atoms with Crippen LogP contribution in [0.5, 0.6) is 0 Å². The number of nitrogens with zero attached hydrogens (tertiary/aromatic N) is 2. The Hall–Kier alpha value is -2.66. The molecule has 1 N–H and O–H groups in total. The Morgan fingerprint density at radius 3 is 2.46 bits per heavy atom. The number of fused-ring (bicyclic) bond motifs is 1. The lowest BCUT2D eigenvalue weighted by Gasteiger charge is -2.10. The molecule has 1 aromatic heterocycles. The highest BCUT2D eigenvalue weighted by molar-refractivity contribution is 5.92. The van der Waals surface area contributed by atoms with Gasteiger partial charge in [-0.3, -0.25) is 0 Å². The number of nitrogens with one attached hydrogen (secondary N) is 1. The van der Waals surface area contributed by atoms with Crippen LogP contribution >= 0.6 is 0 Å². The van der Waals surface area contributed by atoms with Crippen molar-refractivity contribution >= 4 is 28.4 Å². The van der Waals surface area contributed by atoms with E-state index in [4.69, 9.17) is 4.74 Å². The summed E-state index contributed by atoms with van der Waals surface area (Å²) in [4.78, 5) is 20.4. The van der Waals surface area contributed by atoms with Crippen molar-refractivity contribution in [3.63, 3.8) is 0 Å². The third-order valence-corrected chi connectivity index (χ3v) is 3.27. The van der Waals surface area contributed by atoms with Crippen LogP contribution in [0.1, 0.15) is 24.2 Å². The van der Waals surface area contributed by atoms with Crippen molar-refractivity contribution in [1.82, 2.24) is 9.97 Å². The minimum atomic E-state index is -0.320. The van der Waals surface area contributed by atoms with E-state index in [1.807, 2.05) is 50.2 Å². The van der Waals surface area contributed by atoms with Crippen molar-refractivity contribution in [2.24, 2.45) is 0 Å². The number of rotatable bonds is 4. The molecule has 0 atom stereocenters. The van der Waals surface area contributed by atoms with Gasteiger partial charge in [-0.05, 0) is 50.2 Å². The van der Waals surface area contributed by atoms with Crippen LogP contribution < -0.4 is 17.7 Å². The molecule has 0 bridgehead atoms. The number of hydrogen-bond acceptors (Lipinski definition) is 5. The van der Waals surface area contributed by atoms with Crippen LogP contribution in [-0.4, -0.2) is 22.0 Å². The first-order chi connectivity index (χ1) is 11.1. The van der Waals surface area contributed by atoms with E-state index in [9.17, 15) is 4.79 Å². The van der Waals surface area contributed by atoms with Crippen molar-refractivity contribution < 1.29 is 21.9 Å². The highest BCUT2D eigenvalue weighted by atomic mass is 35.5. The fourth-order valence-corrected chi connectivity index (χ4v) is 2.21. The number of carbonyl (C=O) groups is 1. The molecule has 3 rings (SSSR count). The Kier molecular flexibility index (Phi) is 5.71. The molecule has 0 saturated carbocycles. The van der Waals surface area contributed by atoms with Crippen LogP contribution in [0, 0.1) is 0 Å². The number of hydrogen-bond donors (Lipinski definition) is 1. The molecular formula is C18H17ClN3O2-. The Balaban J connectivity index is 0.00000208. The molecule has 3 aromatic rings. The molecule has 0 aliphatic rings. The van der Waals surface area contributed by atoms with Gasteiger partial charge in [-0.15, -0.1) is 0 Å². The monoisotopic (exact) mass is 342 g/mol. The Labute approximate surface area is 146 Å². The lowest BCUT2D eigenvalue weighted by Crippen LogP contribution is -3.00. The van der Waals surface area contributed by atoms with Gasteiger partial charge >= 0.3 is 5.97 Å². The van der Waals surface area contributed by atoms with Gasteiger partial charge in [-0.2, -0.15) is 0 Å². The van der Waals surface area contributed by atoms with Gasteiger partial charge in [0.15, 0.2) is 0 Å². The summed E-state index contributed by atoms with van der Waals surface area (Å²) in [6.07, 6.45) is 1.40. The summed E-state index contributed by atoms with van der Waals surface area (Å²) in [6.45, 7) is 3.65. The smallest absolute Gasteiger partial charge is 0.338 e. The summed E-state index contributed by atoms with van der Waals surface area (Å²) in [7, 11) is 0. The largest absolute Gasteiger partial charge is 1.00 e. The number of carbonyl (C=O) groups excluding carboxylic acids is 1. The maximum Gasteiger partial charge on any atom is 0.338 e. The van der Waals surface area contributed by atoms with E-state index in [-0.39, 0.29) is 24.5 Å². The molecule has 0 amide bonds. The molecule has 2 aromatic carbocycles. The fourth-order valence-electron chi connectivity index (χ4n) is 2.21. The van der Waals surface area contributed by atoms with Crippen molar-refractivity contribution in [2.75, 3.05) is 5.32 Å². The first-order valence-corrected chi connectivity index (χ1v) is 7.41. The Morgan fingerprint density at radius 1 is 1.04 bits per heavy atom. The Bertz CT molecular complexity index is 830. The van der Waals surface area contributed by atoms with E-state index in [2.05, 4.69) is 15.3 Å². The first kappa shape index (κ1) is 17.7. The van der Waals surface area contributed by atoms with Crippen molar-refractivity contribution in [3.8, 4) is 0 Å². The lowest BCUT2D eigenvalue weighted by atomic mass is 10.2. The molecule has 0 saturated heterocycles. The predicted octanol–water partition coefficient (Wildman–Crippen LogP) is 0.943. The van der Waals surface area contributed by atoms with Gasteiger partial charge in [-0.1, -0.05) is 12.1 Å². The summed E-state index contributed by atoms with van der Waals surface area (Å²) in [5, 5.41) is 4.19. The summed E-state index contributed by atoms with van der Waals surface area (Å²) in [6, 6.07) is 14.9. The topological polar surface area (TPSA) is 64.1 Å². The number of anilines is 2. The maximum atomic E-state index is 11.8. The molecular weight excluding hydrogens is 326 g/mol. The standard InChI is InChI=1S/C18H17N3O2.ClH/c1-12(2)23-18(22)13-7-9-14(10-8-13)21-17-15-5-3-4-6-16(15)19-11-20-17;/h3-12H,1-2H3,(H,19,20,21);1H/p-1. The van der Waals surface area contributed by atoms with Gasteiger partial charge in [0.25, 0.3) is 0 Å². The number of esters is 1. The first-order valence-electron chi connectivity index (χ1n) is 7.41. The zero-order valence-corrected chi connectivity index (χ0v) is 14.1. The summed E-state index contributed by atoms with van der Waals surface area (Å²) in [5.41, 5.74) is 2.24. The second kappa shape index (κ2) is 7.75. The van der Waals surface area contributed by atoms with Gasteiger partial charge < -0.3 is 22.5 Å². The third-order valence-electron chi connectivity index (χ3n) is 3.27. The van der Waals surface area contributed by atoms with E-state index in [1.54, 1.807) is 12.1 Å². The molecule has 0 spiro atoms. The molecule has 0 aliphatic heterocycles. The molecule has 5 nitrogen and oxygen atoms in total. The van der Waals surface area contributed by atoms with Gasteiger partial charge in [0.2, 0.25) is 0 Å². The third kappa shape index (κ3) is 4.00. The number of para-hydroxylation sites is 1. The quantitative estimate of drug-likeness (QED) is 0.715. The minimum Gasteiger partial charge on any atom is -1.00 e. The number of benzene rings is 2. The van der Waals surface area contributed by atoms with Crippen LogP contribution in [0.4, 0.5) is 11.5 Å². The molecule has 24 heavy (non-hydrogen) atoms. The average molecular weight is 343 g/mol. The lowest BCUT2D eigenvalue weighted by molar-refractivity contribution is -0.0000329. The molecule has 6 heteroatoms. The van der Waals surface area contributed by atoms with Gasteiger partial charge in [0, 0.05) is 11.1 Å². The molecule has 124 valence electrons. The summed E-state index contributed by atoms with van der Waals surface area (Å²) >= 11 is 0. The molecule has 0 radical (unpaired) electrons. The van der Waals surface area contributed by atoms with E-state index >= 15 is 0 Å². The van der Waals surface area contributed by atoms with E-state index in [1.165, 1.54) is 6.33 Å². The van der Waals surface area contributed by atoms with Crippen LogP contribution in [0.3, 0.4) is 0 Å². The molecule has 0 aliphatic carbocycles. The average Bonchev–Trinajstić information content (AvgIpc) is 2.55. The van der Waals surface area contributed by atoms with Crippen molar-refractivity contribution in [3.05, 3.63) is 60.4 Å². The summed E-state index contributed by atoms with van der Waals surface area (Å²) < 4.78 is 5.17. The van der Waals surface area contributed by atoms with E-state index in [0.29, 0.717) is 5.56 Å². The molecule has 1 heterocycles. The zero-order chi connectivity index (χ0) is 16.2. The van der Waals surface area contributed by atoms with Crippen LogP contribution in [0.15, 0.2) is 54.9 Å². The molecule has 0 fully saturated rings. The fraction of sp³-hybridized carbons (Fsp3) is 0.167. The van der Waals surface area contributed by atoms with Gasteiger partial charge in [0.1, 0.15) is 12.1 Å². The Morgan fingerprint density at radius 2 is 1.75 bits per heavy atom. The second-order valence-electron chi connectivity index (χ2n) is 5.40. The van der Waals surface area contributed by atoms with E-state index < -0.39 is 0 Å². The maximum absolute atomic E-state index is 11.8.